The maximum Gasteiger partial charge on any atom is 0.417 e. The molecule has 0 radical (unpaired) electrons. The molecule has 1 aliphatic heterocycles. The Morgan fingerprint density at radius 3 is 2.34 bits per heavy atom. The van der Waals surface area contributed by atoms with E-state index in [1.54, 1.807) is 19.2 Å². The summed E-state index contributed by atoms with van der Waals surface area (Å²) in [5.74, 6) is 1.16. The third-order valence-electron chi connectivity index (χ3n) is 11.6. The molecule has 1 aromatic heterocycles. The van der Waals surface area contributed by atoms with Gasteiger partial charge in [0.2, 0.25) is 6.35 Å². The number of aliphatic hydroxyl groups is 1. The predicted molar refractivity (Wildman–Crippen MR) is 255 cm³/mol. The number of anilines is 1. The molecule has 4 N–H and O–H groups in total. The molecule has 0 saturated carbocycles. The number of nitrogens with zero attached hydrogens (tertiary/aromatic N) is 3. The molecular weight excluding hydrogens is 865 g/mol. The third-order valence-corrected chi connectivity index (χ3v) is 13.4. The molecule has 2 aliphatic rings. The number of methoxy groups -OCH3 is 1. The minimum Gasteiger partial charge on any atom is -0.497 e. The highest BCUT2D eigenvalue weighted by Gasteiger charge is 2.41. The standard InChI is InChI=1S/C49H57N5O9P2/c1-32-10-9-11-33(2)46(32)63-65(58,62-34(3)48(56)60-30-64)31-61-41-21-16-35(17-22-41)24-39-27-45(55)44(26-36-14-19-40(59-4)20-15-36)54(28-37-12-7-5-6-8-13-37)49(57)53(39)29-38-18-23-43-42(25-38)47(50)52-51-43/h5-12,14-23,25,34,39,44-45,55H,13,24,26-31,64H2,1-4H3,(H3,50,51,52)/t34?,39-,44?,45?,65?/m1/s1. The maximum atomic E-state index is 15.3. The van der Waals surface area contributed by atoms with Gasteiger partial charge >= 0.3 is 19.6 Å². The number of aromatic nitrogens is 2. The Morgan fingerprint density at radius 1 is 0.938 bits per heavy atom. The Labute approximate surface area is 382 Å². The molecule has 2 heterocycles. The molecule has 4 aromatic carbocycles. The number of carbonyl (C=O) groups excluding carboxylic acids is 2. The Bertz CT molecular complexity index is 2570. The first-order valence-corrected chi connectivity index (χ1v) is 24.1. The number of urea groups is 1. The highest BCUT2D eigenvalue weighted by molar-refractivity contribution is 7.54. The number of nitrogens with two attached hydrogens (primary N) is 1. The summed E-state index contributed by atoms with van der Waals surface area (Å²) in [6.45, 7) is 5.69. The summed E-state index contributed by atoms with van der Waals surface area (Å²) in [5, 5.41) is 20.2. The van der Waals surface area contributed by atoms with Crippen molar-refractivity contribution in [3.63, 3.8) is 0 Å². The number of aromatic amines is 1. The summed E-state index contributed by atoms with van der Waals surface area (Å²) in [6, 6.07) is 25.2. The van der Waals surface area contributed by atoms with Crippen molar-refractivity contribution < 1.29 is 42.5 Å². The number of nitrogen functional groups attached to an aromatic ring is 1. The van der Waals surface area contributed by atoms with Crippen LogP contribution in [-0.2, 0) is 38.0 Å². The maximum absolute atomic E-state index is 15.3. The van der Waals surface area contributed by atoms with Gasteiger partial charge in [-0.25, -0.2) is 14.2 Å². The number of hydrogen-bond donors (Lipinski definition) is 3. The summed E-state index contributed by atoms with van der Waals surface area (Å²) < 4.78 is 42.7. The summed E-state index contributed by atoms with van der Waals surface area (Å²) >= 11 is 0. The Kier molecular flexibility index (Phi) is 15.5. The van der Waals surface area contributed by atoms with Gasteiger partial charge in [0.15, 0.2) is 11.9 Å². The van der Waals surface area contributed by atoms with E-state index in [9.17, 15) is 14.5 Å². The lowest BCUT2D eigenvalue weighted by Crippen LogP contribution is -2.51. The number of nitrogens with one attached hydrogen (secondary N) is 1. The molecule has 5 unspecified atom stereocenters. The van der Waals surface area contributed by atoms with E-state index in [-0.39, 0.29) is 18.9 Å². The van der Waals surface area contributed by atoms with E-state index in [0.717, 1.165) is 50.0 Å². The average molecular weight is 922 g/mol. The van der Waals surface area contributed by atoms with E-state index in [1.165, 1.54) is 6.92 Å². The Morgan fingerprint density at radius 2 is 1.63 bits per heavy atom. The lowest BCUT2D eigenvalue weighted by Gasteiger charge is -2.36. The molecule has 2 amide bonds. The number of ether oxygens (including phenoxy) is 3. The van der Waals surface area contributed by atoms with Gasteiger partial charge in [0, 0.05) is 24.5 Å². The third kappa shape index (κ3) is 11.9. The van der Waals surface area contributed by atoms with Crippen LogP contribution in [0.2, 0.25) is 0 Å². The van der Waals surface area contributed by atoms with Crippen molar-refractivity contribution in [1.82, 2.24) is 20.0 Å². The molecule has 6 atom stereocenters. The molecule has 7 rings (SSSR count). The average Bonchev–Trinajstić information content (AvgIpc) is 3.43. The number of carbonyl (C=O) groups is 2. The van der Waals surface area contributed by atoms with Crippen LogP contribution >= 0.6 is 16.8 Å². The lowest BCUT2D eigenvalue weighted by molar-refractivity contribution is -0.149. The second kappa shape index (κ2) is 21.4. The van der Waals surface area contributed by atoms with Crippen LogP contribution in [0.5, 0.6) is 17.2 Å². The second-order valence-electron chi connectivity index (χ2n) is 16.4. The van der Waals surface area contributed by atoms with E-state index >= 15 is 4.79 Å². The van der Waals surface area contributed by atoms with Crippen LogP contribution in [0.3, 0.4) is 0 Å². The minimum absolute atomic E-state index is 0.0514. The number of esters is 1. The molecule has 0 spiro atoms. The second-order valence-corrected chi connectivity index (χ2v) is 18.6. The van der Waals surface area contributed by atoms with E-state index in [0.29, 0.717) is 49.5 Å². The van der Waals surface area contributed by atoms with E-state index in [4.69, 9.17) is 29.0 Å². The van der Waals surface area contributed by atoms with Crippen molar-refractivity contribution in [2.45, 2.75) is 77.3 Å². The number of aryl methyl sites for hydroxylation is 2. The fraction of sp³-hybridized carbons (Fsp3) is 0.327. The van der Waals surface area contributed by atoms with Gasteiger partial charge in [-0.2, -0.15) is 5.10 Å². The molecule has 1 saturated heterocycles. The quantitative estimate of drug-likeness (QED) is 0.0565. The van der Waals surface area contributed by atoms with Gasteiger partial charge in [-0.15, -0.1) is 0 Å². The number of amides is 2. The van der Waals surface area contributed by atoms with Crippen molar-refractivity contribution >= 4 is 45.6 Å². The number of hydrogen-bond acceptors (Lipinski definition) is 11. The number of H-pyrrole nitrogens is 1. The predicted octanol–water partition coefficient (Wildman–Crippen LogP) is 8.81. The van der Waals surface area contributed by atoms with E-state index in [1.807, 2.05) is 121 Å². The van der Waals surface area contributed by atoms with Crippen molar-refractivity contribution in [2.75, 3.05) is 32.1 Å². The first-order chi connectivity index (χ1) is 31.3. The van der Waals surface area contributed by atoms with Crippen molar-refractivity contribution in [2.24, 2.45) is 0 Å². The van der Waals surface area contributed by atoms with Crippen LogP contribution < -0.4 is 19.7 Å². The van der Waals surface area contributed by atoms with Crippen LogP contribution in [0.25, 0.3) is 10.9 Å². The first-order valence-electron chi connectivity index (χ1n) is 21.6. The number of aliphatic hydroxyl groups excluding tert-OH is 1. The van der Waals surface area contributed by atoms with Gasteiger partial charge in [-0.05, 0) is 116 Å². The van der Waals surface area contributed by atoms with Gasteiger partial charge in [0.25, 0.3) is 0 Å². The van der Waals surface area contributed by atoms with Gasteiger partial charge in [0.1, 0.15) is 23.6 Å². The molecule has 5 aromatic rings. The summed E-state index contributed by atoms with van der Waals surface area (Å²) in [6.07, 6.45) is 9.32. The number of rotatable bonds is 18. The molecular formula is C49H57N5O9P2. The van der Waals surface area contributed by atoms with E-state index in [2.05, 4.69) is 25.5 Å². The van der Waals surface area contributed by atoms with Crippen LogP contribution in [0.1, 0.15) is 47.6 Å². The topological polar surface area (TPSA) is 179 Å². The summed E-state index contributed by atoms with van der Waals surface area (Å²) in [4.78, 5) is 31.5. The molecule has 14 nitrogen and oxygen atoms in total. The minimum atomic E-state index is -4.11. The zero-order valence-electron chi connectivity index (χ0n) is 37.1. The number of benzene rings is 4. The van der Waals surface area contributed by atoms with Crippen molar-refractivity contribution in [3.8, 4) is 17.2 Å². The lowest BCUT2D eigenvalue weighted by atomic mass is 9.93. The fourth-order valence-electron chi connectivity index (χ4n) is 8.18. The number of allylic oxidation sites excluding steroid dienone is 5. The van der Waals surface area contributed by atoms with Gasteiger partial charge < -0.3 is 39.4 Å². The Hall–Kier alpha value is -5.91. The highest BCUT2D eigenvalue weighted by atomic mass is 31.2. The molecule has 0 bridgehead atoms. The fourth-order valence-corrected chi connectivity index (χ4v) is 9.95. The SMILES string of the molecule is COc1ccc(CC2C(O)C[C@@H](Cc3ccc(OCP(=O)(Oc4c(C)cccc4C)OC(C)C(=O)OCP)cc3)N(Cc3ccc4[nH]nc(N)c4c3)C(=O)N2CC2=CC=CC=CC2)cc1. The van der Waals surface area contributed by atoms with E-state index < -0.39 is 44.2 Å². The largest absolute Gasteiger partial charge is 0.497 e. The van der Waals surface area contributed by atoms with Crippen molar-refractivity contribution in [1.29, 1.82) is 0 Å². The van der Waals surface area contributed by atoms with Gasteiger partial charge in [-0.3, -0.25) is 9.62 Å². The van der Waals surface area contributed by atoms with Crippen molar-refractivity contribution in [3.05, 3.63) is 149 Å². The molecule has 1 aliphatic carbocycles. The van der Waals surface area contributed by atoms with Gasteiger partial charge in [0.05, 0.1) is 24.8 Å². The summed E-state index contributed by atoms with van der Waals surface area (Å²) in [5.41, 5.74) is 12.2. The molecule has 1 fully saturated rings. The number of fused-ring (bicyclic) bond motifs is 1. The summed E-state index contributed by atoms with van der Waals surface area (Å²) in [7, 11) is -0.187. The normalized spacial score (nSPS) is 19.0. The molecule has 65 heavy (non-hydrogen) atoms. The highest BCUT2D eigenvalue weighted by Crippen LogP contribution is 2.51. The zero-order chi connectivity index (χ0) is 46.1. The van der Waals surface area contributed by atoms with Crippen LogP contribution in [0, 0.1) is 13.8 Å². The number of para-hydroxylation sites is 1. The zero-order valence-corrected chi connectivity index (χ0v) is 39.1. The monoisotopic (exact) mass is 921 g/mol. The van der Waals surface area contributed by atoms with Gasteiger partial charge in [-0.1, -0.05) is 88.2 Å². The molecule has 16 heteroatoms. The van der Waals surface area contributed by atoms with Crippen LogP contribution in [0.15, 0.2) is 121 Å². The molecule has 342 valence electrons. The van der Waals surface area contributed by atoms with Crippen LogP contribution in [0.4, 0.5) is 10.6 Å². The Balaban J connectivity index is 1.17. The van der Waals surface area contributed by atoms with Crippen LogP contribution in [-0.4, -0.2) is 87.7 Å². The first kappa shape index (κ1) is 47.1. The smallest absolute Gasteiger partial charge is 0.417 e.